The van der Waals surface area contributed by atoms with Crippen LogP contribution in [0.1, 0.15) is 24.2 Å². The molecule has 7 nitrogen and oxygen atoms in total. The largest absolute Gasteiger partial charge is 0.481 e. The van der Waals surface area contributed by atoms with Gasteiger partial charge < -0.3 is 10.4 Å². The van der Waals surface area contributed by atoms with Crippen molar-refractivity contribution in [2.75, 3.05) is 0 Å². The summed E-state index contributed by atoms with van der Waals surface area (Å²) < 4.78 is 1.26. The van der Waals surface area contributed by atoms with Crippen LogP contribution in [0.5, 0.6) is 0 Å². The van der Waals surface area contributed by atoms with Crippen LogP contribution in [0, 0.1) is 5.92 Å². The summed E-state index contributed by atoms with van der Waals surface area (Å²) in [4.78, 5) is 39.2. The van der Waals surface area contributed by atoms with Crippen LogP contribution in [0.2, 0.25) is 0 Å². The SMILES string of the molecule is CC(NC(=O)c1cnc2ccccn2c1=O)C(C)C(=O)O. The number of hydrogen-bond donors (Lipinski definition) is 2. The minimum Gasteiger partial charge on any atom is -0.481 e. The highest BCUT2D eigenvalue weighted by molar-refractivity contribution is 5.94. The van der Waals surface area contributed by atoms with Gasteiger partial charge in [0, 0.05) is 18.4 Å². The first-order valence-corrected chi connectivity index (χ1v) is 6.42. The summed E-state index contributed by atoms with van der Waals surface area (Å²) in [5.41, 5.74) is -0.178. The van der Waals surface area contributed by atoms with Crippen molar-refractivity contribution in [1.82, 2.24) is 14.7 Å². The van der Waals surface area contributed by atoms with Gasteiger partial charge in [0.05, 0.1) is 5.92 Å². The number of nitrogens with zero attached hydrogens (tertiary/aromatic N) is 2. The second-order valence-corrected chi connectivity index (χ2v) is 4.79. The topological polar surface area (TPSA) is 101 Å². The van der Waals surface area contributed by atoms with Crippen LogP contribution in [-0.4, -0.2) is 32.4 Å². The Bertz CT molecular complexity index is 753. The van der Waals surface area contributed by atoms with Crippen LogP contribution in [0.3, 0.4) is 0 Å². The number of aromatic nitrogens is 2. The number of nitrogens with one attached hydrogen (secondary N) is 1. The number of pyridine rings is 1. The molecule has 0 saturated heterocycles. The predicted octanol–water partition coefficient (Wildman–Crippen LogP) is 0.533. The Morgan fingerprint density at radius 2 is 2.05 bits per heavy atom. The molecule has 2 aromatic rings. The van der Waals surface area contributed by atoms with Crippen molar-refractivity contribution in [2.24, 2.45) is 5.92 Å². The molecule has 0 bridgehead atoms. The molecule has 7 heteroatoms. The van der Waals surface area contributed by atoms with Crippen molar-refractivity contribution in [3.05, 3.63) is 46.5 Å². The summed E-state index contributed by atoms with van der Waals surface area (Å²) >= 11 is 0. The summed E-state index contributed by atoms with van der Waals surface area (Å²) in [7, 11) is 0. The molecule has 0 spiro atoms. The minimum absolute atomic E-state index is 0.122. The maximum absolute atomic E-state index is 12.2. The summed E-state index contributed by atoms with van der Waals surface area (Å²) in [5.74, 6) is -2.41. The van der Waals surface area contributed by atoms with Crippen LogP contribution in [0.25, 0.3) is 5.65 Å². The number of rotatable bonds is 4. The molecule has 0 fully saturated rings. The number of fused-ring (bicyclic) bond motifs is 1. The molecule has 2 rings (SSSR count). The quantitative estimate of drug-likeness (QED) is 0.855. The Labute approximate surface area is 120 Å². The van der Waals surface area contributed by atoms with E-state index in [1.165, 1.54) is 23.7 Å². The van der Waals surface area contributed by atoms with Gasteiger partial charge in [-0.25, -0.2) is 4.98 Å². The van der Waals surface area contributed by atoms with Gasteiger partial charge in [-0.05, 0) is 26.0 Å². The predicted molar refractivity (Wildman–Crippen MR) is 75.2 cm³/mol. The second kappa shape index (κ2) is 5.74. The highest BCUT2D eigenvalue weighted by Gasteiger charge is 2.23. The molecular formula is C14H15N3O4. The number of carboxylic acids is 1. The summed E-state index contributed by atoms with van der Waals surface area (Å²) in [6, 6.07) is 4.44. The molecule has 0 radical (unpaired) electrons. The van der Waals surface area contributed by atoms with Gasteiger partial charge in [-0.2, -0.15) is 0 Å². The fraction of sp³-hybridized carbons (Fsp3) is 0.286. The zero-order chi connectivity index (χ0) is 15.6. The minimum atomic E-state index is -1.02. The first kappa shape index (κ1) is 14.7. The molecule has 0 saturated carbocycles. The molecule has 21 heavy (non-hydrogen) atoms. The van der Waals surface area contributed by atoms with Crippen LogP contribution in [0.4, 0.5) is 0 Å². The van der Waals surface area contributed by atoms with E-state index in [1.807, 2.05) is 0 Å². The first-order chi connectivity index (χ1) is 9.91. The van der Waals surface area contributed by atoms with Crippen LogP contribution < -0.4 is 10.9 Å². The Kier molecular flexibility index (Phi) is 4.02. The van der Waals surface area contributed by atoms with E-state index in [2.05, 4.69) is 10.3 Å². The van der Waals surface area contributed by atoms with Gasteiger partial charge >= 0.3 is 5.97 Å². The molecule has 2 atom stereocenters. The Morgan fingerprint density at radius 3 is 2.71 bits per heavy atom. The third-order valence-electron chi connectivity index (χ3n) is 3.36. The third kappa shape index (κ3) is 2.91. The first-order valence-electron chi connectivity index (χ1n) is 6.42. The van der Waals surface area contributed by atoms with Gasteiger partial charge in [-0.1, -0.05) is 6.07 Å². The molecule has 2 unspecified atom stereocenters. The average molecular weight is 289 g/mol. The van der Waals surface area contributed by atoms with E-state index >= 15 is 0 Å². The van der Waals surface area contributed by atoms with E-state index in [-0.39, 0.29) is 5.56 Å². The smallest absolute Gasteiger partial charge is 0.308 e. The zero-order valence-corrected chi connectivity index (χ0v) is 11.6. The molecular weight excluding hydrogens is 274 g/mol. The lowest BCUT2D eigenvalue weighted by Crippen LogP contribution is -2.42. The highest BCUT2D eigenvalue weighted by atomic mass is 16.4. The highest BCUT2D eigenvalue weighted by Crippen LogP contribution is 2.04. The van der Waals surface area contributed by atoms with Crippen LogP contribution >= 0.6 is 0 Å². The number of carbonyl (C=O) groups excluding carboxylic acids is 1. The van der Waals surface area contributed by atoms with E-state index in [4.69, 9.17) is 5.11 Å². The van der Waals surface area contributed by atoms with E-state index in [0.29, 0.717) is 5.65 Å². The Balaban J connectivity index is 2.30. The molecule has 1 amide bonds. The lowest BCUT2D eigenvalue weighted by atomic mass is 10.0. The van der Waals surface area contributed by atoms with Crippen molar-refractivity contribution < 1.29 is 14.7 Å². The standard InChI is InChI=1S/C14H15N3O4/c1-8(14(20)21)9(2)16-12(18)10-7-15-11-5-3-4-6-17(11)13(10)19/h3-9H,1-2H3,(H,16,18)(H,20,21). The third-order valence-corrected chi connectivity index (χ3v) is 3.36. The van der Waals surface area contributed by atoms with Crippen molar-refractivity contribution in [2.45, 2.75) is 19.9 Å². The fourth-order valence-corrected chi connectivity index (χ4v) is 1.81. The fourth-order valence-electron chi connectivity index (χ4n) is 1.81. The van der Waals surface area contributed by atoms with Gasteiger partial charge in [0.2, 0.25) is 0 Å². The van der Waals surface area contributed by atoms with E-state index < -0.39 is 29.4 Å². The van der Waals surface area contributed by atoms with Gasteiger partial charge in [0.25, 0.3) is 11.5 Å². The van der Waals surface area contributed by atoms with Crippen molar-refractivity contribution in [3.63, 3.8) is 0 Å². The van der Waals surface area contributed by atoms with Crippen molar-refractivity contribution in [1.29, 1.82) is 0 Å². The normalized spacial score (nSPS) is 13.6. The van der Waals surface area contributed by atoms with E-state index in [9.17, 15) is 14.4 Å². The molecule has 0 aromatic carbocycles. The van der Waals surface area contributed by atoms with Crippen LogP contribution in [0.15, 0.2) is 35.4 Å². The lowest BCUT2D eigenvalue weighted by molar-refractivity contribution is -0.141. The number of carboxylic acid groups (broad SMARTS) is 1. The second-order valence-electron chi connectivity index (χ2n) is 4.79. The van der Waals surface area contributed by atoms with Gasteiger partial charge in [-0.3, -0.25) is 18.8 Å². The molecule has 2 heterocycles. The Hall–Kier alpha value is -2.70. The number of carbonyl (C=O) groups is 2. The maximum atomic E-state index is 12.2. The number of hydrogen-bond acceptors (Lipinski definition) is 4. The zero-order valence-electron chi connectivity index (χ0n) is 11.6. The van der Waals surface area contributed by atoms with Crippen molar-refractivity contribution >= 4 is 17.5 Å². The molecule has 2 N–H and O–H groups in total. The molecule has 0 aliphatic rings. The molecule has 110 valence electrons. The molecule has 2 aromatic heterocycles. The van der Waals surface area contributed by atoms with Gasteiger partial charge in [-0.15, -0.1) is 0 Å². The van der Waals surface area contributed by atoms with Crippen molar-refractivity contribution in [3.8, 4) is 0 Å². The van der Waals surface area contributed by atoms with Crippen LogP contribution in [-0.2, 0) is 4.79 Å². The summed E-state index contributed by atoms with van der Waals surface area (Å²) in [6.07, 6.45) is 2.72. The molecule has 0 aliphatic carbocycles. The Morgan fingerprint density at radius 1 is 1.33 bits per heavy atom. The van der Waals surface area contributed by atoms with E-state index in [1.54, 1.807) is 25.1 Å². The van der Waals surface area contributed by atoms with Gasteiger partial charge in [0.15, 0.2) is 0 Å². The maximum Gasteiger partial charge on any atom is 0.308 e. The summed E-state index contributed by atoms with van der Waals surface area (Å²) in [5, 5.41) is 11.4. The van der Waals surface area contributed by atoms with E-state index in [0.717, 1.165) is 0 Å². The molecule has 0 aliphatic heterocycles. The average Bonchev–Trinajstić information content (AvgIpc) is 2.46. The monoisotopic (exact) mass is 289 g/mol. The number of amides is 1. The number of aliphatic carboxylic acids is 1. The summed E-state index contributed by atoms with van der Waals surface area (Å²) in [6.45, 7) is 3.06. The lowest BCUT2D eigenvalue weighted by Gasteiger charge is -2.17. The van der Waals surface area contributed by atoms with Gasteiger partial charge in [0.1, 0.15) is 11.2 Å².